The van der Waals surface area contributed by atoms with Gasteiger partial charge in [0.15, 0.2) is 17.2 Å². The lowest BCUT2D eigenvalue weighted by Crippen LogP contribution is -2.07. The number of aromatic amines is 1. The average molecular weight is 411 g/mol. The van der Waals surface area contributed by atoms with E-state index in [-0.39, 0.29) is 18.9 Å². The molecular formula is C21H21N3O6. The van der Waals surface area contributed by atoms with Crippen LogP contribution >= 0.6 is 0 Å². The van der Waals surface area contributed by atoms with Gasteiger partial charge < -0.3 is 18.9 Å². The molecule has 1 N–H and O–H groups in total. The Kier molecular flexibility index (Phi) is 6.63. The van der Waals surface area contributed by atoms with Crippen LogP contribution in [0.5, 0.6) is 17.2 Å². The van der Waals surface area contributed by atoms with Gasteiger partial charge in [0.05, 0.1) is 20.8 Å². The van der Waals surface area contributed by atoms with Gasteiger partial charge >= 0.3 is 5.97 Å². The molecule has 156 valence electrons. The van der Waals surface area contributed by atoms with E-state index in [1.165, 1.54) is 7.11 Å². The second kappa shape index (κ2) is 9.55. The highest BCUT2D eigenvalue weighted by Crippen LogP contribution is 2.34. The molecule has 3 aromatic rings. The zero-order valence-electron chi connectivity index (χ0n) is 16.8. The van der Waals surface area contributed by atoms with E-state index in [2.05, 4.69) is 15.4 Å². The molecule has 0 aliphatic heterocycles. The molecule has 2 aromatic carbocycles. The molecule has 30 heavy (non-hydrogen) atoms. The first kappa shape index (κ1) is 20.8. The van der Waals surface area contributed by atoms with Gasteiger partial charge in [0.2, 0.25) is 0 Å². The van der Waals surface area contributed by atoms with E-state index < -0.39 is 5.97 Å². The number of aromatic nitrogens is 3. The molecule has 1 aromatic heterocycles. The molecule has 9 nitrogen and oxygen atoms in total. The van der Waals surface area contributed by atoms with Crippen LogP contribution in [0, 0.1) is 0 Å². The number of carbonyl (C=O) groups excluding carboxylic acids is 2. The zero-order chi connectivity index (χ0) is 21.5. The van der Waals surface area contributed by atoms with Crippen LogP contribution in [0.15, 0.2) is 36.4 Å². The summed E-state index contributed by atoms with van der Waals surface area (Å²) >= 11 is 0. The SMILES string of the molecule is CCOC(=O)c1n[nH]nc1-c1ccc(OCc2cc(C=O)ccc2OC)c(OC)c1. The maximum absolute atomic E-state index is 12.1. The van der Waals surface area contributed by atoms with Gasteiger partial charge in [-0.3, -0.25) is 4.79 Å². The lowest BCUT2D eigenvalue weighted by Gasteiger charge is -2.14. The normalized spacial score (nSPS) is 10.4. The number of nitrogens with zero attached hydrogens (tertiary/aromatic N) is 2. The fraction of sp³-hybridized carbons (Fsp3) is 0.238. The zero-order valence-corrected chi connectivity index (χ0v) is 16.8. The molecule has 0 atom stereocenters. The molecule has 1 heterocycles. The van der Waals surface area contributed by atoms with Crippen LogP contribution in [-0.2, 0) is 11.3 Å². The Morgan fingerprint density at radius 3 is 2.50 bits per heavy atom. The van der Waals surface area contributed by atoms with Crippen molar-refractivity contribution in [3.63, 3.8) is 0 Å². The van der Waals surface area contributed by atoms with Crippen LogP contribution in [0.3, 0.4) is 0 Å². The number of carbonyl (C=O) groups is 2. The summed E-state index contributed by atoms with van der Waals surface area (Å²) in [6.45, 7) is 2.11. The Morgan fingerprint density at radius 2 is 1.80 bits per heavy atom. The van der Waals surface area contributed by atoms with Gasteiger partial charge in [0.25, 0.3) is 0 Å². The fourth-order valence-electron chi connectivity index (χ4n) is 2.85. The summed E-state index contributed by atoms with van der Waals surface area (Å²) < 4.78 is 21.6. The molecule has 0 fully saturated rings. The highest BCUT2D eigenvalue weighted by Gasteiger charge is 2.20. The number of rotatable bonds is 9. The predicted molar refractivity (Wildman–Crippen MR) is 107 cm³/mol. The minimum absolute atomic E-state index is 0.0861. The van der Waals surface area contributed by atoms with Crippen molar-refractivity contribution in [3.8, 4) is 28.5 Å². The molecule has 0 unspecified atom stereocenters. The van der Waals surface area contributed by atoms with E-state index in [1.807, 2.05) is 0 Å². The minimum atomic E-state index is -0.567. The lowest BCUT2D eigenvalue weighted by atomic mass is 10.1. The fourth-order valence-corrected chi connectivity index (χ4v) is 2.85. The Labute approximate surface area is 172 Å². The number of H-pyrrole nitrogens is 1. The van der Waals surface area contributed by atoms with Gasteiger partial charge in [-0.15, -0.1) is 5.10 Å². The van der Waals surface area contributed by atoms with Gasteiger partial charge in [0.1, 0.15) is 24.3 Å². The van der Waals surface area contributed by atoms with Crippen molar-refractivity contribution in [2.45, 2.75) is 13.5 Å². The quantitative estimate of drug-likeness (QED) is 0.422. The second-order valence-electron chi connectivity index (χ2n) is 6.08. The molecule has 0 aliphatic carbocycles. The van der Waals surface area contributed by atoms with Crippen LogP contribution < -0.4 is 14.2 Å². The highest BCUT2D eigenvalue weighted by molar-refractivity contribution is 5.94. The summed E-state index contributed by atoms with van der Waals surface area (Å²) in [6, 6.07) is 10.2. The Morgan fingerprint density at radius 1 is 1.03 bits per heavy atom. The number of esters is 1. The molecule has 0 aliphatic rings. The van der Waals surface area contributed by atoms with Crippen LogP contribution in [0.1, 0.15) is 33.3 Å². The third-order valence-corrected chi connectivity index (χ3v) is 4.28. The van der Waals surface area contributed by atoms with E-state index in [0.29, 0.717) is 39.6 Å². The first-order chi connectivity index (χ1) is 14.6. The van der Waals surface area contributed by atoms with Gasteiger partial charge in [0, 0.05) is 16.7 Å². The van der Waals surface area contributed by atoms with Crippen molar-refractivity contribution < 1.29 is 28.5 Å². The Hall–Kier alpha value is -3.88. The van der Waals surface area contributed by atoms with Gasteiger partial charge in [-0.05, 0) is 43.3 Å². The molecule has 0 spiro atoms. The van der Waals surface area contributed by atoms with Crippen LogP contribution in [0.2, 0.25) is 0 Å². The molecule has 3 rings (SSSR count). The van der Waals surface area contributed by atoms with E-state index in [0.717, 1.165) is 6.29 Å². The number of ether oxygens (including phenoxy) is 4. The maximum atomic E-state index is 12.1. The monoisotopic (exact) mass is 411 g/mol. The molecule has 0 saturated heterocycles. The summed E-state index contributed by atoms with van der Waals surface area (Å²) in [5, 5.41) is 10.4. The number of hydrogen-bond donors (Lipinski definition) is 1. The molecule has 0 bridgehead atoms. The van der Waals surface area contributed by atoms with E-state index in [1.54, 1.807) is 50.4 Å². The van der Waals surface area contributed by atoms with Crippen molar-refractivity contribution in [1.82, 2.24) is 15.4 Å². The van der Waals surface area contributed by atoms with E-state index in [4.69, 9.17) is 18.9 Å². The number of nitrogens with one attached hydrogen (secondary N) is 1. The molecule has 0 saturated carbocycles. The number of aldehydes is 1. The number of hydrogen-bond acceptors (Lipinski definition) is 8. The minimum Gasteiger partial charge on any atom is -0.496 e. The van der Waals surface area contributed by atoms with Crippen molar-refractivity contribution >= 4 is 12.3 Å². The van der Waals surface area contributed by atoms with Crippen molar-refractivity contribution in [2.24, 2.45) is 0 Å². The first-order valence-corrected chi connectivity index (χ1v) is 9.12. The average Bonchev–Trinajstić information content (AvgIpc) is 3.27. The van der Waals surface area contributed by atoms with Gasteiger partial charge in [-0.25, -0.2) is 4.79 Å². The molecule has 0 amide bonds. The third-order valence-electron chi connectivity index (χ3n) is 4.28. The summed E-state index contributed by atoms with van der Waals surface area (Å²) in [6.07, 6.45) is 0.761. The van der Waals surface area contributed by atoms with Crippen molar-refractivity contribution in [3.05, 3.63) is 53.2 Å². The number of methoxy groups -OCH3 is 2. The second-order valence-corrected chi connectivity index (χ2v) is 6.08. The summed E-state index contributed by atoms with van der Waals surface area (Å²) in [7, 11) is 3.06. The smallest absolute Gasteiger partial charge is 0.361 e. The summed E-state index contributed by atoms with van der Waals surface area (Å²) in [5.74, 6) is 0.956. The van der Waals surface area contributed by atoms with Gasteiger partial charge in [-0.1, -0.05) is 0 Å². The Bertz CT molecular complexity index is 1050. The lowest BCUT2D eigenvalue weighted by molar-refractivity contribution is 0.0520. The van der Waals surface area contributed by atoms with Crippen molar-refractivity contribution in [1.29, 1.82) is 0 Å². The standard InChI is InChI=1S/C21H21N3O6/c1-4-29-21(26)20-19(22-24-23-20)14-6-8-17(18(10-14)28-3)30-12-15-9-13(11-25)5-7-16(15)27-2/h5-11H,4,12H2,1-3H3,(H,22,23,24). The number of benzene rings is 2. The molecule has 9 heteroatoms. The largest absolute Gasteiger partial charge is 0.496 e. The molecular weight excluding hydrogens is 390 g/mol. The summed E-state index contributed by atoms with van der Waals surface area (Å²) in [5.41, 5.74) is 2.28. The summed E-state index contributed by atoms with van der Waals surface area (Å²) in [4.78, 5) is 23.1. The van der Waals surface area contributed by atoms with E-state index >= 15 is 0 Å². The van der Waals surface area contributed by atoms with E-state index in [9.17, 15) is 9.59 Å². The van der Waals surface area contributed by atoms with Crippen LogP contribution in [-0.4, -0.2) is 48.5 Å². The predicted octanol–water partition coefficient (Wildman–Crippen LogP) is 3.06. The maximum Gasteiger partial charge on any atom is 0.361 e. The highest BCUT2D eigenvalue weighted by atomic mass is 16.5. The molecule has 0 radical (unpaired) electrons. The third kappa shape index (κ3) is 4.40. The van der Waals surface area contributed by atoms with Crippen LogP contribution in [0.25, 0.3) is 11.3 Å². The van der Waals surface area contributed by atoms with Gasteiger partial charge in [-0.2, -0.15) is 10.3 Å². The Balaban J connectivity index is 1.85. The first-order valence-electron chi connectivity index (χ1n) is 9.12. The van der Waals surface area contributed by atoms with Crippen LogP contribution in [0.4, 0.5) is 0 Å². The topological polar surface area (TPSA) is 113 Å². The van der Waals surface area contributed by atoms with Crippen molar-refractivity contribution in [2.75, 3.05) is 20.8 Å².